The third kappa shape index (κ3) is 2.11. The van der Waals surface area contributed by atoms with E-state index in [1.54, 1.807) is 0 Å². The average molecular weight is 325 g/mol. The smallest absolute Gasteiger partial charge is 0.231 e. The van der Waals surface area contributed by atoms with Crippen LogP contribution in [-0.4, -0.2) is 28.1 Å². The maximum Gasteiger partial charge on any atom is 0.231 e. The van der Waals surface area contributed by atoms with E-state index in [0.717, 1.165) is 33.2 Å². The van der Waals surface area contributed by atoms with Gasteiger partial charge in [0.05, 0.1) is 5.69 Å². The van der Waals surface area contributed by atoms with Crippen molar-refractivity contribution in [3.8, 4) is 22.9 Å². The van der Waals surface area contributed by atoms with Crippen LogP contribution in [0.15, 0.2) is 22.8 Å². The number of imidazole rings is 1. The van der Waals surface area contributed by atoms with Crippen LogP contribution in [0.3, 0.4) is 0 Å². The molecule has 100 valence electrons. The van der Waals surface area contributed by atoms with E-state index in [-0.39, 0.29) is 13.4 Å². The molecule has 0 fully saturated rings. The molecular weight excluding hydrogens is 312 g/mol. The lowest BCUT2D eigenvalue weighted by atomic mass is 10.2. The Bertz CT molecular complexity index is 625. The van der Waals surface area contributed by atoms with Crippen LogP contribution in [0.4, 0.5) is 0 Å². The topological polar surface area (TPSA) is 56.5 Å². The summed E-state index contributed by atoms with van der Waals surface area (Å²) in [6.45, 7) is 0.359. The van der Waals surface area contributed by atoms with Crippen molar-refractivity contribution in [2.45, 2.75) is 6.42 Å². The molecule has 0 amide bonds. The molecule has 1 aromatic heterocycles. The molecule has 0 unspecified atom stereocenters. The van der Waals surface area contributed by atoms with Crippen LogP contribution in [0.2, 0.25) is 0 Å². The van der Waals surface area contributed by atoms with Crippen LogP contribution >= 0.6 is 15.9 Å². The standard InChI is InChI=1S/C13H13BrN2O3/c1-16-9(4-5-17)12(14)15-13(16)8-2-3-10-11(6-8)19-7-18-10/h2-3,6,17H,4-5,7H2,1H3. The van der Waals surface area contributed by atoms with E-state index in [4.69, 9.17) is 14.6 Å². The maximum absolute atomic E-state index is 9.08. The number of halogens is 1. The number of benzene rings is 1. The fourth-order valence-corrected chi connectivity index (χ4v) is 2.80. The summed E-state index contributed by atoms with van der Waals surface area (Å²) < 4.78 is 13.4. The van der Waals surface area contributed by atoms with Crippen molar-refractivity contribution < 1.29 is 14.6 Å². The van der Waals surface area contributed by atoms with E-state index >= 15 is 0 Å². The second kappa shape index (κ2) is 4.86. The number of aliphatic hydroxyl groups is 1. The molecule has 3 rings (SSSR count). The number of ether oxygens (including phenoxy) is 2. The van der Waals surface area contributed by atoms with Crippen molar-refractivity contribution in [3.63, 3.8) is 0 Å². The highest BCUT2D eigenvalue weighted by molar-refractivity contribution is 9.10. The van der Waals surface area contributed by atoms with Gasteiger partial charge in [0.2, 0.25) is 6.79 Å². The zero-order valence-electron chi connectivity index (χ0n) is 10.4. The lowest BCUT2D eigenvalue weighted by Crippen LogP contribution is -2.01. The van der Waals surface area contributed by atoms with Crippen molar-refractivity contribution >= 4 is 15.9 Å². The minimum Gasteiger partial charge on any atom is -0.454 e. The Balaban J connectivity index is 2.05. The van der Waals surface area contributed by atoms with Gasteiger partial charge in [0, 0.05) is 25.6 Å². The molecule has 1 aliphatic heterocycles. The molecular formula is C13H13BrN2O3. The predicted octanol–water partition coefficient (Wildman–Crippen LogP) is 2.11. The molecule has 1 aliphatic rings. The van der Waals surface area contributed by atoms with Gasteiger partial charge in [0.15, 0.2) is 11.5 Å². The molecule has 2 aromatic rings. The number of fused-ring (bicyclic) bond motifs is 1. The molecule has 19 heavy (non-hydrogen) atoms. The fraction of sp³-hybridized carbons (Fsp3) is 0.308. The van der Waals surface area contributed by atoms with Crippen LogP contribution in [0.1, 0.15) is 5.69 Å². The third-order valence-electron chi connectivity index (χ3n) is 3.14. The summed E-state index contributed by atoms with van der Waals surface area (Å²) in [6, 6.07) is 5.75. The summed E-state index contributed by atoms with van der Waals surface area (Å²) in [5.74, 6) is 2.32. The zero-order chi connectivity index (χ0) is 13.4. The number of rotatable bonds is 3. The van der Waals surface area contributed by atoms with Gasteiger partial charge >= 0.3 is 0 Å². The summed E-state index contributed by atoms with van der Waals surface area (Å²) in [4.78, 5) is 4.50. The summed E-state index contributed by atoms with van der Waals surface area (Å²) in [6.07, 6.45) is 0.564. The number of nitrogens with zero attached hydrogens (tertiary/aromatic N) is 2. The van der Waals surface area contributed by atoms with Gasteiger partial charge in [-0.1, -0.05) is 0 Å². The highest BCUT2D eigenvalue weighted by atomic mass is 79.9. The van der Waals surface area contributed by atoms with Crippen LogP contribution < -0.4 is 9.47 Å². The van der Waals surface area contributed by atoms with Crippen molar-refractivity contribution in [3.05, 3.63) is 28.5 Å². The highest BCUT2D eigenvalue weighted by Crippen LogP contribution is 2.36. The van der Waals surface area contributed by atoms with Crippen LogP contribution in [0.25, 0.3) is 11.4 Å². The molecule has 2 heterocycles. The summed E-state index contributed by atoms with van der Waals surface area (Å²) in [5, 5.41) is 9.08. The third-order valence-corrected chi connectivity index (χ3v) is 3.78. The second-order valence-corrected chi connectivity index (χ2v) is 5.02. The van der Waals surface area contributed by atoms with E-state index in [9.17, 15) is 0 Å². The Morgan fingerprint density at radius 2 is 2.16 bits per heavy atom. The average Bonchev–Trinajstić information content (AvgIpc) is 2.97. The van der Waals surface area contributed by atoms with Gasteiger partial charge in [0.1, 0.15) is 10.4 Å². The van der Waals surface area contributed by atoms with Crippen LogP contribution in [-0.2, 0) is 13.5 Å². The largest absolute Gasteiger partial charge is 0.454 e. The molecule has 6 heteroatoms. The highest BCUT2D eigenvalue weighted by Gasteiger charge is 2.18. The SMILES string of the molecule is Cn1c(-c2ccc3c(c2)OCO3)nc(Br)c1CCO. The molecule has 1 aromatic carbocycles. The number of hydrogen-bond acceptors (Lipinski definition) is 4. The first kappa shape index (κ1) is 12.5. The summed E-state index contributed by atoms with van der Waals surface area (Å²) in [7, 11) is 1.93. The molecule has 0 atom stereocenters. The van der Waals surface area contributed by atoms with Crippen molar-refractivity contribution in [1.29, 1.82) is 0 Å². The first-order valence-corrected chi connectivity index (χ1v) is 6.72. The number of aromatic nitrogens is 2. The fourth-order valence-electron chi connectivity index (χ4n) is 2.17. The van der Waals surface area contributed by atoms with Gasteiger partial charge in [-0.25, -0.2) is 4.98 Å². The lowest BCUT2D eigenvalue weighted by Gasteiger charge is -2.06. The van der Waals surface area contributed by atoms with Crippen LogP contribution in [0.5, 0.6) is 11.5 Å². The molecule has 0 spiro atoms. The number of hydrogen-bond donors (Lipinski definition) is 1. The van der Waals surface area contributed by atoms with E-state index in [0.29, 0.717) is 6.42 Å². The normalized spacial score (nSPS) is 13.0. The van der Waals surface area contributed by atoms with E-state index in [2.05, 4.69) is 20.9 Å². The van der Waals surface area contributed by atoms with E-state index in [1.165, 1.54) is 0 Å². The maximum atomic E-state index is 9.08. The molecule has 1 N–H and O–H groups in total. The van der Waals surface area contributed by atoms with Crippen molar-refractivity contribution in [2.24, 2.45) is 7.05 Å². The monoisotopic (exact) mass is 324 g/mol. The quantitative estimate of drug-likeness (QED) is 0.939. The molecule has 0 bridgehead atoms. The van der Waals surface area contributed by atoms with Gasteiger partial charge in [-0.05, 0) is 34.1 Å². The molecule has 0 radical (unpaired) electrons. The van der Waals surface area contributed by atoms with Gasteiger partial charge in [-0.2, -0.15) is 0 Å². The lowest BCUT2D eigenvalue weighted by molar-refractivity contribution is 0.174. The second-order valence-electron chi connectivity index (χ2n) is 4.27. The van der Waals surface area contributed by atoms with E-state index in [1.807, 2.05) is 29.8 Å². The molecule has 0 aliphatic carbocycles. The summed E-state index contributed by atoms with van der Waals surface area (Å²) in [5.41, 5.74) is 1.92. The van der Waals surface area contributed by atoms with Gasteiger partial charge in [-0.15, -0.1) is 0 Å². The zero-order valence-corrected chi connectivity index (χ0v) is 12.0. The minimum absolute atomic E-state index is 0.0959. The van der Waals surface area contributed by atoms with Gasteiger partial charge < -0.3 is 19.1 Å². The Kier molecular flexibility index (Phi) is 3.20. The molecule has 0 saturated heterocycles. The Morgan fingerprint density at radius 1 is 1.37 bits per heavy atom. The Labute approximate surface area is 118 Å². The molecule has 0 saturated carbocycles. The van der Waals surface area contributed by atoms with Gasteiger partial charge in [0.25, 0.3) is 0 Å². The first-order valence-electron chi connectivity index (χ1n) is 5.92. The predicted molar refractivity (Wildman–Crippen MR) is 73.3 cm³/mol. The minimum atomic E-state index is 0.0959. The Morgan fingerprint density at radius 3 is 2.95 bits per heavy atom. The van der Waals surface area contributed by atoms with Crippen molar-refractivity contribution in [1.82, 2.24) is 9.55 Å². The van der Waals surface area contributed by atoms with E-state index < -0.39 is 0 Å². The first-order chi connectivity index (χ1) is 9.20. The van der Waals surface area contributed by atoms with Crippen molar-refractivity contribution in [2.75, 3.05) is 13.4 Å². The van der Waals surface area contributed by atoms with Crippen LogP contribution in [0, 0.1) is 0 Å². The van der Waals surface area contributed by atoms with Gasteiger partial charge in [-0.3, -0.25) is 0 Å². The number of aliphatic hydroxyl groups excluding tert-OH is 1. The molecule has 5 nitrogen and oxygen atoms in total. The Hall–Kier alpha value is -1.53. The summed E-state index contributed by atoms with van der Waals surface area (Å²) >= 11 is 3.43.